The van der Waals surface area contributed by atoms with Gasteiger partial charge in [0.05, 0.1) is 0 Å². The first-order chi connectivity index (χ1) is 10.5. The van der Waals surface area contributed by atoms with Crippen LogP contribution < -0.4 is 4.72 Å². The lowest BCUT2D eigenvalue weighted by molar-refractivity contribution is 0.448. The zero-order valence-electron chi connectivity index (χ0n) is 12.1. The number of aryl methyl sites for hydroxylation is 1. The van der Waals surface area contributed by atoms with Crippen molar-refractivity contribution in [2.45, 2.75) is 19.2 Å². The molecule has 0 radical (unpaired) electrons. The van der Waals surface area contributed by atoms with Crippen molar-refractivity contribution in [3.05, 3.63) is 65.4 Å². The molecule has 0 bridgehead atoms. The van der Waals surface area contributed by atoms with Crippen LogP contribution in [0.5, 0.6) is 0 Å². The summed E-state index contributed by atoms with van der Waals surface area (Å²) in [5, 5.41) is 4.58. The minimum atomic E-state index is -3.48. The molecule has 1 aromatic heterocycles. The lowest BCUT2D eigenvalue weighted by Crippen LogP contribution is -2.24. The summed E-state index contributed by atoms with van der Waals surface area (Å²) in [7, 11) is -3.48. The number of nitrogens with zero attached hydrogens (tertiary/aromatic N) is 1. The fourth-order valence-electron chi connectivity index (χ4n) is 2.17. The molecule has 1 N–H and O–H groups in total. The molecule has 1 heterocycles. The van der Waals surface area contributed by atoms with Crippen molar-refractivity contribution in [2.75, 3.05) is 0 Å². The number of hydrogen-bond donors (Lipinski definition) is 1. The Hall–Kier alpha value is -2.18. The van der Waals surface area contributed by atoms with Crippen LogP contribution in [0.25, 0.3) is 11.0 Å². The van der Waals surface area contributed by atoms with Crippen molar-refractivity contribution in [3.8, 4) is 0 Å². The fraction of sp³-hybridized carbons (Fsp3) is 0.188. The third-order valence-corrected chi connectivity index (χ3v) is 4.63. The highest BCUT2D eigenvalue weighted by Gasteiger charge is 2.17. The topological polar surface area (TPSA) is 72.2 Å². The van der Waals surface area contributed by atoms with Gasteiger partial charge in [-0.2, -0.15) is 0 Å². The SMILES string of the molecule is Cc1ccc(CNS(=O)(=O)Cc2noc3ccccc23)cc1. The molecule has 2 aromatic carbocycles. The molecule has 22 heavy (non-hydrogen) atoms. The van der Waals surface area contributed by atoms with Gasteiger partial charge in [-0.3, -0.25) is 0 Å². The first-order valence-corrected chi connectivity index (χ1v) is 8.55. The van der Waals surface area contributed by atoms with Crippen LogP contribution in [0.4, 0.5) is 0 Å². The molecular formula is C16H16N2O3S. The van der Waals surface area contributed by atoms with Crippen molar-refractivity contribution in [1.82, 2.24) is 9.88 Å². The van der Waals surface area contributed by atoms with Gasteiger partial charge in [0.25, 0.3) is 0 Å². The lowest BCUT2D eigenvalue weighted by atomic mass is 10.2. The second-order valence-electron chi connectivity index (χ2n) is 5.19. The number of rotatable bonds is 5. The van der Waals surface area contributed by atoms with Crippen molar-refractivity contribution in [1.29, 1.82) is 0 Å². The van der Waals surface area contributed by atoms with Gasteiger partial charge in [0.15, 0.2) is 5.58 Å². The highest BCUT2D eigenvalue weighted by atomic mass is 32.2. The highest BCUT2D eigenvalue weighted by Crippen LogP contribution is 2.19. The normalized spacial score (nSPS) is 11.9. The van der Waals surface area contributed by atoms with Crippen LogP contribution in [0.3, 0.4) is 0 Å². The minimum absolute atomic E-state index is 0.199. The van der Waals surface area contributed by atoms with Gasteiger partial charge in [-0.25, -0.2) is 13.1 Å². The smallest absolute Gasteiger partial charge is 0.217 e. The van der Waals surface area contributed by atoms with Gasteiger partial charge in [0.1, 0.15) is 11.4 Å². The van der Waals surface area contributed by atoms with E-state index in [9.17, 15) is 8.42 Å². The van der Waals surface area contributed by atoms with Crippen LogP contribution in [-0.2, 0) is 22.3 Å². The first-order valence-electron chi connectivity index (χ1n) is 6.90. The van der Waals surface area contributed by atoms with Crippen LogP contribution in [0.1, 0.15) is 16.8 Å². The monoisotopic (exact) mass is 316 g/mol. The molecule has 0 spiro atoms. The van der Waals surface area contributed by atoms with Crippen molar-refractivity contribution >= 4 is 21.0 Å². The van der Waals surface area contributed by atoms with Crippen LogP contribution in [0.15, 0.2) is 53.1 Å². The fourth-order valence-corrected chi connectivity index (χ4v) is 3.23. The van der Waals surface area contributed by atoms with Crippen molar-refractivity contribution in [2.24, 2.45) is 0 Å². The van der Waals surface area contributed by atoms with E-state index in [2.05, 4.69) is 9.88 Å². The summed E-state index contributed by atoms with van der Waals surface area (Å²) in [6.45, 7) is 2.25. The van der Waals surface area contributed by atoms with E-state index in [0.717, 1.165) is 16.5 Å². The Labute approximate surface area is 129 Å². The predicted octanol–water partition coefficient (Wildman–Crippen LogP) is 2.76. The van der Waals surface area contributed by atoms with Gasteiger partial charge in [-0.1, -0.05) is 47.1 Å². The molecule has 3 rings (SSSR count). The van der Waals surface area contributed by atoms with E-state index in [1.165, 1.54) is 0 Å². The third-order valence-electron chi connectivity index (χ3n) is 3.40. The summed E-state index contributed by atoms with van der Waals surface area (Å²) < 4.78 is 32.1. The summed E-state index contributed by atoms with van der Waals surface area (Å²) in [5.74, 6) is -0.199. The third kappa shape index (κ3) is 3.35. The Bertz CT molecular complexity index is 883. The molecule has 0 saturated heterocycles. The van der Waals surface area contributed by atoms with E-state index in [-0.39, 0.29) is 12.3 Å². The minimum Gasteiger partial charge on any atom is -0.356 e. The first kappa shape index (κ1) is 14.7. The molecule has 0 atom stereocenters. The molecule has 0 aliphatic heterocycles. The van der Waals surface area contributed by atoms with Crippen molar-refractivity contribution in [3.63, 3.8) is 0 Å². The maximum Gasteiger partial charge on any atom is 0.217 e. The number of fused-ring (bicyclic) bond motifs is 1. The number of para-hydroxylation sites is 1. The Morgan fingerprint density at radius 3 is 2.59 bits per heavy atom. The highest BCUT2D eigenvalue weighted by molar-refractivity contribution is 7.88. The van der Waals surface area contributed by atoms with E-state index in [0.29, 0.717) is 11.3 Å². The summed E-state index contributed by atoms with van der Waals surface area (Å²) >= 11 is 0. The van der Waals surface area contributed by atoms with Gasteiger partial charge in [0.2, 0.25) is 10.0 Å². The van der Waals surface area contributed by atoms with E-state index < -0.39 is 10.0 Å². The van der Waals surface area contributed by atoms with Crippen LogP contribution >= 0.6 is 0 Å². The standard InChI is InChI=1S/C16H16N2O3S/c1-12-6-8-13(9-7-12)10-17-22(19,20)11-15-14-4-2-3-5-16(14)21-18-15/h2-9,17H,10-11H2,1H3. The van der Waals surface area contributed by atoms with Crippen molar-refractivity contribution < 1.29 is 12.9 Å². The largest absolute Gasteiger partial charge is 0.356 e. The molecule has 0 unspecified atom stereocenters. The molecule has 0 aliphatic carbocycles. The Balaban J connectivity index is 1.72. The van der Waals surface area contributed by atoms with Gasteiger partial charge in [-0.05, 0) is 24.6 Å². The predicted molar refractivity (Wildman–Crippen MR) is 84.7 cm³/mol. The zero-order chi connectivity index (χ0) is 15.6. The van der Waals surface area contributed by atoms with E-state index >= 15 is 0 Å². The number of sulfonamides is 1. The molecule has 0 saturated carbocycles. The number of benzene rings is 2. The molecular weight excluding hydrogens is 300 g/mol. The maximum absolute atomic E-state index is 12.2. The summed E-state index contributed by atoms with van der Waals surface area (Å²) in [6.07, 6.45) is 0. The lowest BCUT2D eigenvalue weighted by Gasteiger charge is -2.06. The second kappa shape index (κ2) is 5.90. The maximum atomic E-state index is 12.2. The summed E-state index contributed by atoms with van der Waals surface area (Å²) in [4.78, 5) is 0. The molecule has 0 amide bonds. The molecule has 0 fully saturated rings. The molecule has 6 heteroatoms. The zero-order valence-corrected chi connectivity index (χ0v) is 12.9. The molecule has 114 valence electrons. The Morgan fingerprint density at radius 1 is 1.09 bits per heavy atom. The van der Waals surface area contributed by atoms with E-state index in [1.807, 2.05) is 43.3 Å². The second-order valence-corrected chi connectivity index (χ2v) is 7.00. The van der Waals surface area contributed by atoms with Gasteiger partial charge in [-0.15, -0.1) is 0 Å². The quantitative estimate of drug-likeness (QED) is 0.785. The van der Waals surface area contributed by atoms with E-state index in [4.69, 9.17) is 4.52 Å². The average molecular weight is 316 g/mol. The Kier molecular flexibility index (Phi) is 3.96. The van der Waals surface area contributed by atoms with Crippen LogP contribution in [0, 0.1) is 6.92 Å². The van der Waals surface area contributed by atoms with Crippen LogP contribution in [0.2, 0.25) is 0 Å². The van der Waals surface area contributed by atoms with Crippen LogP contribution in [-0.4, -0.2) is 13.6 Å². The number of hydrogen-bond acceptors (Lipinski definition) is 4. The van der Waals surface area contributed by atoms with Gasteiger partial charge >= 0.3 is 0 Å². The van der Waals surface area contributed by atoms with Gasteiger partial charge < -0.3 is 4.52 Å². The number of aromatic nitrogens is 1. The van der Waals surface area contributed by atoms with E-state index in [1.54, 1.807) is 12.1 Å². The molecule has 3 aromatic rings. The Morgan fingerprint density at radius 2 is 1.82 bits per heavy atom. The molecule has 5 nitrogen and oxygen atoms in total. The number of nitrogens with one attached hydrogen (secondary N) is 1. The summed E-state index contributed by atoms with van der Waals surface area (Å²) in [5.41, 5.74) is 3.07. The summed E-state index contributed by atoms with van der Waals surface area (Å²) in [6, 6.07) is 14.9. The van der Waals surface area contributed by atoms with Gasteiger partial charge in [0, 0.05) is 11.9 Å². The average Bonchev–Trinajstić information content (AvgIpc) is 2.90. The molecule has 0 aliphatic rings.